The summed E-state index contributed by atoms with van der Waals surface area (Å²) in [7, 11) is 2.05. The monoisotopic (exact) mass is 306 g/mol. The van der Waals surface area contributed by atoms with E-state index in [0.29, 0.717) is 11.8 Å². The molecule has 1 aliphatic heterocycles. The number of imidazole rings is 1. The average Bonchev–Trinajstić information content (AvgIpc) is 3.07. The molecular formula is C16H23ClN4. The molecule has 1 aromatic carbocycles. The number of nitrogens with zero attached hydrogens (tertiary/aromatic N) is 3. The second-order valence-corrected chi connectivity index (χ2v) is 5.70. The summed E-state index contributed by atoms with van der Waals surface area (Å²) in [5.41, 5.74) is 8.65. The third-order valence-electron chi connectivity index (χ3n) is 4.35. The van der Waals surface area contributed by atoms with Crippen LogP contribution in [-0.4, -0.2) is 34.1 Å². The van der Waals surface area contributed by atoms with Gasteiger partial charge in [0.05, 0.1) is 12.0 Å². The SMILES string of the molecule is Cl.Cn1cncc1CN1C[C@@H](CN)[C@H](c2ccccc2)C1. The van der Waals surface area contributed by atoms with Crippen LogP contribution in [0.5, 0.6) is 0 Å². The molecule has 3 rings (SSSR count). The lowest BCUT2D eigenvalue weighted by atomic mass is 9.89. The molecule has 2 atom stereocenters. The van der Waals surface area contributed by atoms with Crippen molar-refractivity contribution in [3.63, 3.8) is 0 Å². The van der Waals surface area contributed by atoms with E-state index in [4.69, 9.17) is 5.73 Å². The lowest BCUT2D eigenvalue weighted by Gasteiger charge is -2.16. The highest BCUT2D eigenvalue weighted by molar-refractivity contribution is 5.85. The Morgan fingerprint density at radius 1 is 1.24 bits per heavy atom. The molecule has 0 bridgehead atoms. The summed E-state index contributed by atoms with van der Waals surface area (Å²) in [5, 5.41) is 0. The van der Waals surface area contributed by atoms with Gasteiger partial charge in [0.2, 0.25) is 0 Å². The van der Waals surface area contributed by atoms with Crippen molar-refractivity contribution in [1.29, 1.82) is 0 Å². The summed E-state index contributed by atoms with van der Waals surface area (Å²) in [6.45, 7) is 3.86. The molecule has 1 aromatic heterocycles. The van der Waals surface area contributed by atoms with Gasteiger partial charge >= 0.3 is 0 Å². The Morgan fingerprint density at radius 2 is 2.00 bits per heavy atom. The van der Waals surface area contributed by atoms with Crippen molar-refractivity contribution in [2.24, 2.45) is 18.7 Å². The van der Waals surface area contributed by atoms with Crippen molar-refractivity contribution in [2.45, 2.75) is 12.5 Å². The van der Waals surface area contributed by atoms with Crippen molar-refractivity contribution in [3.8, 4) is 0 Å². The summed E-state index contributed by atoms with van der Waals surface area (Å²) in [5.74, 6) is 1.10. The van der Waals surface area contributed by atoms with Gasteiger partial charge in [0.1, 0.15) is 0 Å². The zero-order valence-corrected chi connectivity index (χ0v) is 13.2. The van der Waals surface area contributed by atoms with Crippen molar-refractivity contribution < 1.29 is 0 Å². The molecule has 1 fully saturated rings. The molecule has 1 saturated heterocycles. The minimum absolute atomic E-state index is 0. The second-order valence-electron chi connectivity index (χ2n) is 5.70. The summed E-state index contributed by atoms with van der Waals surface area (Å²) >= 11 is 0. The van der Waals surface area contributed by atoms with Gasteiger partial charge in [-0.3, -0.25) is 4.90 Å². The largest absolute Gasteiger partial charge is 0.337 e. The highest BCUT2D eigenvalue weighted by atomic mass is 35.5. The Hall–Kier alpha value is -1.36. The second kappa shape index (κ2) is 7.07. The van der Waals surface area contributed by atoms with Crippen LogP contribution in [0, 0.1) is 5.92 Å². The summed E-state index contributed by atoms with van der Waals surface area (Å²) in [6.07, 6.45) is 3.81. The van der Waals surface area contributed by atoms with Crippen LogP contribution in [0.3, 0.4) is 0 Å². The fourth-order valence-electron chi connectivity index (χ4n) is 3.17. The summed E-state index contributed by atoms with van der Waals surface area (Å²) in [4.78, 5) is 6.68. The van der Waals surface area contributed by atoms with E-state index in [1.807, 2.05) is 19.6 Å². The highest BCUT2D eigenvalue weighted by Gasteiger charge is 2.32. The van der Waals surface area contributed by atoms with E-state index in [9.17, 15) is 0 Å². The maximum atomic E-state index is 5.98. The maximum Gasteiger partial charge on any atom is 0.0945 e. The first-order chi connectivity index (χ1) is 9.78. The maximum absolute atomic E-state index is 5.98. The smallest absolute Gasteiger partial charge is 0.0945 e. The van der Waals surface area contributed by atoms with Gasteiger partial charge < -0.3 is 10.3 Å². The van der Waals surface area contributed by atoms with Crippen molar-refractivity contribution >= 4 is 12.4 Å². The Balaban J connectivity index is 0.00000161. The van der Waals surface area contributed by atoms with Crippen molar-refractivity contribution in [1.82, 2.24) is 14.5 Å². The van der Waals surface area contributed by atoms with Gasteiger partial charge in [-0.2, -0.15) is 0 Å². The van der Waals surface area contributed by atoms with Crippen LogP contribution < -0.4 is 5.73 Å². The van der Waals surface area contributed by atoms with Gasteiger partial charge in [-0.25, -0.2) is 4.98 Å². The molecule has 0 spiro atoms. The molecule has 5 heteroatoms. The topological polar surface area (TPSA) is 47.1 Å². The predicted octanol–water partition coefficient (Wildman–Crippen LogP) is 2.02. The molecule has 0 amide bonds. The number of likely N-dealkylation sites (tertiary alicyclic amines) is 1. The molecule has 0 aliphatic carbocycles. The number of aryl methyl sites for hydroxylation is 1. The third kappa shape index (κ3) is 3.46. The number of benzene rings is 1. The Kier molecular flexibility index (Phi) is 5.39. The van der Waals surface area contributed by atoms with E-state index >= 15 is 0 Å². The zero-order chi connectivity index (χ0) is 13.9. The van der Waals surface area contributed by atoms with Crippen LogP contribution in [0.25, 0.3) is 0 Å². The number of hydrogen-bond acceptors (Lipinski definition) is 3. The third-order valence-corrected chi connectivity index (χ3v) is 4.35. The Labute approximate surface area is 132 Å². The fourth-order valence-corrected chi connectivity index (χ4v) is 3.17. The molecular weight excluding hydrogens is 284 g/mol. The summed E-state index contributed by atoms with van der Waals surface area (Å²) in [6, 6.07) is 10.8. The minimum Gasteiger partial charge on any atom is -0.337 e. The van der Waals surface area contributed by atoms with Gasteiger partial charge in [0.25, 0.3) is 0 Å². The predicted molar refractivity (Wildman–Crippen MR) is 87.5 cm³/mol. The number of halogens is 1. The first-order valence-electron chi connectivity index (χ1n) is 7.20. The molecule has 0 saturated carbocycles. The van der Waals surface area contributed by atoms with Gasteiger partial charge in [-0.05, 0) is 18.0 Å². The lowest BCUT2D eigenvalue weighted by molar-refractivity contribution is 0.309. The minimum atomic E-state index is 0. The summed E-state index contributed by atoms with van der Waals surface area (Å²) < 4.78 is 2.09. The van der Waals surface area contributed by atoms with Crippen LogP contribution in [0.1, 0.15) is 17.2 Å². The molecule has 2 heterocycles. The van der Waals surface area contributed by atoms with Crippen LogP contribution in [0.15, 0.2) is 42.9 Å². The molecule has 2 N–H and O–H groups in total. The highest BCUT2D eigenvalue weighted by Crippen LogP contribution is 2.32. The first-order valence-corrected chi connectivity index (χ1v) is 7.20. The van der Waals surface area contributed by atoms with Gasteiger partial charge in [0.15, 0.2) is 0 Å². The number of rotatable bonds is 4. The molecule has 1 aliphatic rings. The lowest BCUT2D eigenvalue weighted by Crippen LogP contribution is -2.23. The van der Waals surface area contributed by atoms with E-state index in [0.717, 1.165) is 26.2 Å². The molecule has 21 heavy (non-hydrogen) atoms. The van der Waals surface area contributed by atoms with Crippen LogP contribution in [0.4, 0.5) is 0 Å². The van der Waals surface area contributed by atoms with Gasteiger partial charge in [-0.15, -0.1) is 12.4 Å². The van der Waals surface area contributed by atoms with E-state index in [1.165, 1.54) is 11.3 Å². The number of hydrogen-bond donors (Lipinski definition) is 1. The standard InChI is InChI=1S/C16H22N4.ClH/c1-19-12-18-8-15(19)10-20-9-14(7-17)16(11-20)13-5-3-2-4-6-13;/h2-6,8,12,14,16H,7,9-11,17H2,1H3;1H/t14-,16+;/m1./s1. The van der Waals surface area contributed by atoms with Crippen LogP contribution >= 0.6 is 12.4 Å². The van der Waals surface area contributed by atoms with Gasteiger partial charge in [-0.1, -0.05) is 30.3 Å². The number of nitrogens with two attached hydrogens (primary N) is 1. The first kappa shape index (κ1) is 16.0. The van der Waals surface area contributed by atoms with E-state index in [-0.39, 0.29) is 12.4 Å². The Bertz CT molecular complexity index is 554. The molecule has 0 unspecified atom stereocenters. The van der Waals surface area contributed by atoms with Crippen molar-refractivity contribution in [2.75, 3.05) is 19.6 Å². The van der Waals surface area contributed by atoms with E-state index in [1.54, 1.807) is 0 Å². The normalized spacial score (nSPS) is 22.2. The van der Waals surface area contributed by atoms with E-state index in [2.05, 4.69) is 44.8 Å². The molecule has 2 aromatic rings. The zero-order valence-electron chi connectivity index (χ0n) is 12.4. The Morgan fingerprint density at radius 3 is 2.62 bits per heavy atom. The van der Waals surface area contributed by atoms with Crippen LogP contribution in [-0.2, 0) is 13.6 Å². The van der Waals surface area contributed by atoms with Crippen LogP contribution in [0.2, 0.25) is 0 Å². The number of aromatic nitrogens is 2. The van der Waals surface area contributed by atoms with E-state index < -0.39 is 0 Å². The van der Waals surface area contributed by atoms with Crippen molar-refractivity contribution in [3.05, 3.63) is 54.1 Å². The van der Waals surface area contributed by atoms with Gasteiger partial charge in [0, 0.05) is 38.8 Å². The fraction of sp³-hybridized carbons (Fsp3) is 0.438. The quantitative estimate of drug-likeness (QED) is 0.940. The molecule has 0 radical (unpaired) electrons. The molecule has 4 nitrogen and oxygen atoms in total. The molecule has 114 valence electrons. The average molecular weight is 307 g/mol.